The highest BCUT2D eigenvalue weighted by molar-refractivity contribution is 6.01. The number of nitrogens with one attached hydrogen (secondary N) is 1. The first-order chi connectivity index (χ1) is 14.7. The van der Waals surface area contributed by atoms with E-state index < -0.39 is 0 Å². The van der Waals surface area contributed by atoms with Gasteiger partial charge < -0.3 is 14.8 Å². The third kappa shape index (κ3) is 2.49. The largest absolute Gasteiger partial charge is 0.454 e. The normalized spacial score (nSPS) is 19.4. The molecule has 1 aromatic heterocycles. The Hall–Kier alpha value is -3.54. The number of carbonyl (C=O) groups is 1. The zero-order chi connectivity index (χ0) is 20.2. The zero-order valence-electron chi connectivity index (χ0n) is 16.6. The minimum absolute atomic E-state index is 0.170. The molecule has 2 aliphatic heterocycles. The van der Waals surface area contributed by atoms with Crippen LogP contribution in [0, 0.1) is 6.92 Å². The van der Waals surface area contributed by atoms with Crippen molar-refractivity contribution in [1.29, 1.82) is 0 Å². The van der Waals surface area contributed by atoms with Gasteiger partial charge in [-0.25, -0.2) is 4.68 Å². The molecule has 0 bridgehead atoms. The van der Waals surface area contributed by atoms with Gasteiger partial charge in [-0.15, -0.1) is 0 Å². The number of aryl methyl sites for hydroxylation is 1. The number of ketones is 1. The van der Waals surface area contributed by atoms with Crippen molar-refractivity contribution in [2.75, 3.05) is 12.1 Å². The zero-order valence-corrected chi connectivity index (χ0v) is 16.6. The Balaban J connectivity index is 1.58. The summed E-state index contributed by atoms with van der Waals surface area (Å²) < 4.78 is 13.1. The maximum absolute atomic E-state index is 13.1. The molecule has 0 spiro atoms. The van der Waals surface area contributed by atoms with E-state index in [0.29, 0.717) is 6.42 Å². The summed E-state index contributed by atoms with van der Waals surface area (Å²) in [7, 11) is 0. The first kappa shape index (κ1) is 17.3. The van der Waals surface area contributed by atoms with Crippen LogP contribution in [0.1, 0.15) is 42.0 Å². The van der Waals surface area contributed by atoms with Crippen LogP contribution in [0.2, 0.25) is 0 Å². The summed E-state index contributed by atoms with van der Waals surface area (Å²) in [5, 5.41) is 8.43. The van der Waals surface area contributed by atoms with Gasteiger partial charge in [0.15, 0.2) is 17.3 Å². The lowest BCUT2D eigenvalue weighted by Crippen LogP contribution is -2.27. The van der Waals surface area contributed by atoms with E-state index in [9.17, 15) is 4.79 Å². The number of carbonyl (C=O) groups excluding carboxylic acids is 1. The molecule has 6 nitrogen and oxygen atoms in total. The third-order valence-electron chi connectivity index (χ3n) is 6.14. The van der Waals surface area contributed by atoms with Crippen molar-refractivity contribution >= 4 is 11.6 Å². The molecule has 1 atom stereocenters. The van der Waals surface area contributed by atoms with Crippen LogP contribution in [0.5, 0.6) is 11.5 Å². The SMILES string of the molecule is Cc1nn(-c2ccccc2)c2c1C(c1ccc3c(c1)OCO3)C1=C(CCCC1=O)N2. The molecule has 1 aliphatic carbocycles. The summed E-state index contributed by atoms with van der Waals surface area (Å²) in [6, 6.07) is 16.1. The average Bonchev–Trinajstić information content (AvgIpc) is 3.37. The fraction of sp³-hybridized carbons (Fsp3) is 0.250. The lowest BCUT2D eigenvalue weighted by molar-refractivity contribution is -0.116. The number of anilines is 1. The highest BCUT2D eigenvalue weighted by atomic mass is 16.7. The van der Waals surface area contributed by atoms with E-state index in [4.69, 9.17) is 14.6 Å². The molecular weight excluding hydrogens is 378 g/mol. The minimum atomic E-state index is -0.170. The quantitative estimate of drug-likeness (QED) is 0.689. The highest BCUT2D eigenvalue weighted by Crippen LogP contribution is 2.48. The molecule has 0 saturated heterocycles. The van der Waals surface area contributed by atoms with Crippen LogP contribution in [0.3, 0.4) is 0 Å². The molecule has 0 saturated carbocycles. The Morgan fingerprint density at radius 3 is 2.77 bits per heavy atom. The van der Waals surface area contributed by atoms with Crippen LogP contribution in [-0.2, 0) is 4.79 Å². The van der Waals surface area contributed by atoms with E-state index in [1.54, 1.807) is 0 Å². The van der Waals surface area contributed by atoms with Crippen molar-refractivity contribution in [2.24, 2.45) is 0 Å². The summed E-state index contributed by atoms with van der Waals surface area (Å²) in [5.74, 6) is 2.45. The fourth-order valence-corrected chi connectivity index (χ4v) is 4.80. The van der Waals surface area contributed by atoms with Gasteiger partial charge in [0.05, 0.1) is 11.4 Å². The number of rotatable bonds is 2. The number of nitrogens with zero attached hydrogens (tertiary/aromatic N) is 2. The number of hydrogen-bond donors (Lipinski definition) is 1. The second-order valence-corrected chi connectivity index (χ2v) is 7.93. The van der Waals surface area contributed by atoms with E-state index in [-0.39, 0.29) is 18.5 Å². The number of ether oxygens (including phenoxy) is 2. The summed E-state index contributed by atoms with van der Waals surface area (Å²) in [4.78, 5) is 13.1. The number of para-hydroxylation sites is 1. The monoisotopic (exact) mass is 399 g/mol. The fourth-order valence-electron chi connectivity index (χ4n) is 4.80. The lowest BCUT2D eigenvalue weighted by Gasteiger charge is -2.33. The van der Waals surface area contributed by atoms with Crippen molar-refractivity contribution in [2.45, 2.75) is 32.1 Å². The summed E-state index contributed by atoms with van der Waals surface area (Å²) in [6.45, 7) is 2.24. The van der Waals surface area contributed by atoms with Gasteiger partial charge in [0.25, 0.3) is 0 Å². The van der Waals surface area contributed by atoms with Gasteiger partial charge in [0.2, 0.25) is 6.79 Å². The highest BCUT2D eigenvalue weighted by Gasteiger charge is 2.39. The second kappa shape index (κ2) is 6.49. The maximum atomic E-state index is 13.1. The van der Waals surface area contributed by atoms with E-state index in [1.165, 1.54) is 0 Å². The lowest BCUT2D eigenvalue weighted by atomic mass is 9.76. The molecule has 6 rings (SSSR count). The number of allylic oxidation sites excluding steroid dienone is 2. The van der Waals surface area contributed by atoms with Gasteiger partial charge in [-0.05, 0) is 49.6 Å². The third-order valence-corrected chi connectivity index (χ3v) is 6.14. The van der Waals surface area contributed by atoms with E-state index in [2.05, 4.69) is 5.32 Å². The topological polar surface area (TPSA) is 65.4 Å². The number of hydrogen-bond acceptors (Lipinski definition) is 5. The van der Waals surface area contributed by atoms with Crippen molar-refractivity contribution in [3.63, 3.8) is 0 Å². The predicted octanol–water partition coefficient (Wildman–Crippen LogP) is 4.47. The molecule has 30 heavy (non-hydrogen) atoms. The number of aromatic nitrogens is 2. The smallest absolute Gasteiger partial charge is 0.231 e. The Bertz CT molecular complexity index is 1210. The Labute approximate surface area is 174 Å². The van der Waals surface area contributed by atoms with Crippen LogP contribution in [-0.4, -0.2) is 22.4 Å². The van der Waals surface area contributed by atoms with Gasteiger partial charge in [-0.1, -0.05) is 24.3 Å². The summed E-state index contributed by atoms with van der Waals surface area (Å²) in [5.41, 5.74) is 5.85. The van der Waals surface area contributed by atoms with Gasteiger partial charge in [0, 0.05) is 29.2 Å². The Kier molecular flexibility index (Phi) is 3.75. The minimum Gasteiger partial charge on any atom is -0.454 e. The molecule has 2 aromatic carbocycles. The standard InChI is InChI=1S/C24H21N3O3/c1-14-21-22(15-10-11-19-20(12-15)30-13-29-19)23-17(8-5-9-18(23)28)25-24(21)27(26-14)16-6-3-2-4-7-16/h2-4,6-7,10-12,22,25H,5,8-9,13H2,1H3. The Morgan fingerprint density at radius 1 is 1.07 bits per heavy atom. The number of benzene rings is 2. The molecule has 3 heterocycles. The van der Waals surface area contributed by atoms with Gasteiger partial charge >= 0.3 is 0 Å². The van der Waals surface area contributed by atoms with Crippen LogP contribution in [0.25, 0.3) is 5.69 Å². The van der Waals surface area contributed by atoms with Crippen molar-refractivity contribution in [3.05, 3.63) is 76.6 Å². The van der Waals surface area contributed by atoms with Crippen LogP contribution in [0.4, 0.5) is 5.82 Å². The maximum Gasteiger partial charge on any atom is 0.231 e. The van der Waals surface area contributed by atoms with Gasteiger partial charge in [0.1, 0.15) is 5.82 Å². The van der Waals surface area contributed by atoms with E-state index in [0.717, 1.165) is 63.9 Å². The van der Waals surface area contributed by atoms with Crippen molar-refractivity contribution in [1.82, 2.24) is 9.78 Å². The average molecular weight is 399 g/mol. The predicted molar refractivity (Wildman–Crippen MR) is 112 cm³/mol. The molecule has 3 aromatic rings. The number of fused-ring (bicyclic) bond motifs is 2. The van der Waals surface area contributed by atoms with Crippen LogP contribution >= 0.6 is 0 Å². The first-order valence-corrected chi connectivity index (χ1v) is 10.3. The molecule has 0 radical (unpaired) electrons. The number of Topliss-reactive ketones (excluding diaryl/α,β-unsaturated/α-hetero) is 1. The molecular formula is C24H21N3O3. The molecule has 6 heteroatoms. The van der Waals surface area contributed by atoms with Gasteiger partial charge in [-0.2, -0.15) is 5.10 Å². The molecule has 1 N–H and O–H groups in total. The molecule has 3 aliphatic rings. The first-order valence-electron chi connectivity index (χ1n) is 10.3. The second-order valence-electron chi connectivity index (χ2n) is 7.93. The summed E-state index contributed by atoms with van der Waals surface area (Å²) in [6.07, 6.45) is 2.32. The van der Waals surface area contributed by atoms with Crippen LogP contribution in [0.15, 0.2) is 59.8 Å². The van der Waals surface area contributed by atoms with Crippen molar-refractivity contribution < 1.29 is 14.3 Å². The Morgan fingerprint density at radius 2 is 1.90 bits per heavy atom. The molecule has 150 valence electrons. The van der Waals surface area contributed by atoms with E-state index >= 15 is 0 Å². The molecule has 0 fully saturated rings. The van der Waals surface area contributed by atoms with Crippen LogP contribution < -0.4 is 14.8 Å². The molecule has 0 amide bonds. The van der Waals surface area contributed by atoms with Crippen molar-refractivity contribution in [3.8, 4) is 17.2 Å². The molecule has 1 unspecified atom stereocenters. The van der Waals surface area contributed by atoms with Gasteiger partial charge in [-0.3, -0.25) is 4.79 Å². The van der Waals surface area contributed by atoms with E-state index in [1.807, 2.05) is 60.1 Å². The summed E-state index contributed by atoms with van der Waals surface area (Å²) >= 11 is 0.